The van der Waals surface area contributed by atoms with Gasteiger partial charge in [-0.15, -0.1) is 0 Å². The summed E-state index contributed by atoms with van der Waals surface area (Å²) in [5.74, 6) is 0.124. The van der Waals surface area contributed by atoms with Gasteiger partial charge < -0.3 is 37.2 Å². The van der Waals surface area contributed by atoms with Crippen LogP contribution in [0.3, 0.4) is 0 Å². The summed E-state index contributed by atoms with van der Waals surface area (Å²) in [6.45, 7) is 6.36. The van der Waals surface area contributed by atoms with Crippen molar-refractivity contribution in [3.63, 3.8) is 0 Å². The number of benzene rings is 2. The van der Waals surface area contributed by atoms with Crippen LogP contribution in [0.25, 0.3) is 5.70 Å². The van der Waals surface area contributed by atoms with Gasteiger partial charge in [0.25, 0.3) is 0 Å². The van der Waals surface area contributed by atoms with Gasteiger partial charge in [0.05, 0.1) is 5.69 Å². The number of carbonyl (C=O) groups excluding carboxylic acids is 1. The molecule has 2 aromatic rings. The molecule has 0 spiro atoms. The lowest BCUT2D eigenvalue weighted by Gasteiger charge is -2.34. The summed E-state index contributed by atoms with van der Waals surface area (Å²) < 4.78 is 0. The van der Waals surface area contributed by atoms with Gasteiger partial charge in [-0.05, 0) is 61.5 Å². The normalized spacial score (nSPS) is 19.3. The van der Waals surface area contributed by atoms with Gasteiger partial charge in [0.15, 0.2) is 5.96 Å². The monoisotopic (exact) mass is 515 g/mol. The summed E-state index contributed by atoms with van der Waals surface area (Å²) in [4.78, 5) is 23.4. The maximum Gasteiger partial charge on any atom is 0.327 e. The molecule has 38 heavy (non-hydrogen) atoms. The number of nitrogens with one attached hydrogen (secondary N) is 3. The Morgan fingerprint density at radius 3 is 2.61 bits per heavy atom. The van der Waals surface area contributed by atoms with Gasteiger partial charge in [-0.2, -0.15) is 0 Å². The molecule has 3 aliphatic heterocycles. The summed E-state index contributed by atoms with van der Waals surface area (Å²) in [7, 11) is 2.17. The number of aliphatic imine (C=N–C) groups is 1. The molecule has 2 amide bonds. The number of piperazine rings is 1. The van der Waals surface area contributed by atoms with E-state index in [-0.39, 0.29) is 18.2 Å². The number of nitrogens with two attached hydrogens (primary N) is 2. The van der Waals surface area contributed by atoms with Crippen LogP contribution in [0.5, 0.6) is 0 Å². The van der Waals surface area contributed by atoms with Gasteiger partial charge in [-0.3, -0.25) is 9.89 Å². The number of hydrogen-bond acceptors (Lipinski definition) is 6. The number of hydrogen-bond donors (Lipinski definition) is 5. The third-order valence-electron chi connectivity index (χ3n) is 7.08. The van der Waals surface area contributed by atoms with Gasteiger partial charge in [0.2, 0.25) is 0 Å². The molecule has 1 atom stereocenters. The molecule has 0 bridgehead atoms. The fourth-order valence-electron chi connectivity index (χ4n) is 4.88. The molecule has 1 unspecified atom stereocenters. The van der Waals surface area contributed by atoms with E-state index in [1.165, 1.54) is 5.69 Å². The Morgan fingerprint density at radius 2 is 1.84 bits per heavy atom. The predicted molar refractivity (Wildman–Crippen MR) is 154 cm³/mol. The SMILES string of the molecule is CN1CCN(c2cccc(C3=CC4=CN(c5ccc(CNCCCN=C(N)N)cc5)C(=O)NC4N3)c2)CC1. The van der Waals surface area contributed by atoms with Gasteiger partial charge in [-0.1, -0.05) is 24.3 Å². The first-order chi connectivity index (χ1) is 18.5. The van der Waals surface area contributed by atoms with E-state index in [2.05, 4.69) is 68.1 Å². The highest BCUT2D eigenvalue weighted by Crippen LogP contribution is 2.30. The van der Waals surface area contributed by atoms with E-state index in [0.29, 0.717) is 6.54 Å². The highest BCUT2D eigenvalue weighted by atomic mass is 16.2. The van der Waals surface area contributed by atoms with Crippen LogP contribution in [0.4, 0.5) is 16.2 Å². The van der Waals surface area contributed by atoms with Crippen LogP contribution in [0.2, 0.25) is 0 Å². The molecule has 1 saturated heterocycles. The number of fused-ring (bicyclic) bond motifs is 1. The molecular formula is C28H37N9O. The Kier molecular flexibility index (Phi) is 7.81. The van der Waals surface area contributed by atoms with Crippen molar-refractivity contribution in [2.45, 2.75) is 19.1 Å². The lowest BCUT2D eigenvalue weighted by Crippen LogP contribution is -2.51. The van der Waals surface area contributed by atoms with E-state index in [0.717, 1.165) is 73.8 Å². The molecule has 0 saturated carbocycles. The molecule has 3 heterocycles. The molecule has 0 aliphatic carbocycles. The summed E-state index contributed by atoms with van der Waals surface area (Å²) in [5, 5.41) is 9.95. The molecule has 0 radical (unpaired) electrons. The van der Waals surface area contributed by atoms with Crippen LogP contribution in [0.1, 0.15) is 17.5 Å². The quantitative estimate of drug-likeness (QED) is 0.195. The lowest BCUT2D eigenvalue weighted by molar-refractivity contribution is 0.244. The summed E-state index contributed by atoms with van der Waals surface area (Å²) in [5.41, 5.74) is 17.0. The molecule has 5 rings (SSSR count). The smallest absolute Gasteiger partial charge is 0.327 e. The minimum atomic E-state index is -0.233. The van der Waals surface area contributed by atoms with Gasteiger partial charge in [0, 0.05) is 62.4 Å². The molecule has 10 nitrogen and oxygen atoms in total. The summed E-state index contributed by atoms with van der Waals surface area (Å²) in [6.07, 6.45) is 4.68. The van der Waals surface area contributed by atoms with Crippen molar-refractivity contribution in [1.29, 1.82) is 0 Å². The lowest BCUT2D eigenvalue weighted by atomic mass is 10.1. The van der Waals surface area contributed by atoms with Gasteiger partial charge in [0.1, 0.15) is 6.17 Å². The molecule has 7 N–H and O–H groups in total. The average Bonchev–Trinajstić information content (AvgIpc) is 3.34. The van der Waals surface area contributed by atoms with Crippen LogP contribution in [-0.4, -0.2) is 69.4 Å². The second kappa shape index (κ2) is 11.6. The minimum Gasteiger partial charge on any atom is -0.370 e. The largest absolute Gasteiger partial charge is 0.370 e. The van der Waals surface area contributed by atoms with Crippen LogP contribution in [0, 0.1) is 0 Å². The van der Waals surface area contributed by atoms with E-state index in [4.69, 9.17) is 11.5 Å². The van der Waals surface area contributed by atoms with Crippen molar-refractivity contribution >= 4 is 29.1 Å². The first-order valence-corrected chi connectivity index (χ1v) is 13.1. The first kappa shape index (κ1) is 25.6. The number of urea groups is 1. The maximum absolute atomic E-state index is 12.9. The maximum atomic E-state index is 12.9. The Hall–Kier alpha value is -4.02. The Bertz CT molecular complexity index is 1230. The molecule has 0 aromatic heterocycles. The van der Waals surface area contributed by atoms with E-state index < -0.39 is 0 Å². The van der Waals surface area contributed by atoms with E-state index in [1.54, 1.807) is 4.90 Å². The Balaban J connectivity index is 1.22. The summed E-state index contributed by atoms with van der Waals surface area (Å²) >= 11 is 0. The molecule has 1 fully saturated rings. The van der Waals surface area contributed by atoms with Crippen LogP contribution >= 0.6 is 0 Å². The fraction of sp³-hybridized carbons (Fsp3) is 0.357. The molecule has 10 heteroatoms. The van der Waals surface area contributed by atoms with Gasteiger partial charge in [-0.25, -0.2) is 4.79 Å². The zero-order chi connectivity index (χ0) is 26.5. The van der Waals surface area contributed by atoms with Crippen molar-refractivity contribution in [2.75, 3.05) is 56.1 Å². The second-order valence-corrected chi connectivity index (χ2v) is 9.93. The number of anilines is 2. The van der Waals surface area contributed by atoms with E-state index >= 15 is 0 Å². The number of guanidine groups is 1. The van der Waals surface area contributed by atoms with Crippen molar-refractivity contribution in [3.05, 3.63) is 77.5 Å². The second-order valence-electron chi connectivity index (χ2n) is 9.93. The zero-order valence-electron chi connectivity index (χ0n) is 21.9. The van der Waals surface area contributed by atoms with Crippen molar-refractivity contribution in [3.8, 4) is 0 Å². The van der Waals surface area contributed by atoms with Crippen molar-refractivity contribution < 1.29 is 4.79 Å². The van der Waals surface area contributed by atoms with Crippen LogP contribution < -0.4 is 37.2 Å². The Morgan fingerprint density at radius 1 is 1.05 bits per heavy atom. The highest BCUT2D eigenvalue weighted by molar-refractivity contribution is 5.96. The van der Waals surface area contributed by atoms with E-state index in [9.17, 15) is 4.79 Å². The fourth-order valence-corrected chi connectivity index (χ4v) is 4.88. The molecular weight excluding hydrogens is 478 g/mol. The minimum absolute atomic E-state index is 0.124. The zero-order valence-corrected chi connectivity index (χ0v) is 21.9. The molecule has 200 valence electrons. The van der Waals surface area contributed by atoms with Crippen LogP contribution in [0.15, 0.2) is 71.4 Å². The number of likely N-dealkylation sites (N-methyl/N-ethyl adjacent to an activating group) is 1. The molecule has 3 aliphatic rings. The number of nitrogens with zero attached hydrogens (tertiary/aromatic N) is 4. The van der Waals surface area contributed by atoms with Crippen molar-refractivity contribution in [1.82, 2.24) is 20.9 Å². The van der Waals surface area contributed by atoms with Crippen LogP contribution in [-0.2, 0) is 6.54 Å². The number of carbonyl (C=O) groups is 1. The highest BCUT2D eigenvalue weighted by Gasteiger charge is 2.31. The average molecular weight is 516 g/mol. The third-order valence-corrected chi connectivity index (χ3v) is 7.08. The Labute approximate surface area is 224 Å². The molecule has 2 aromatic carbocycles. The van der Waals surface area contributed by atoms with Gasteiger partial charge >= 0.3 is 6.03 Å². The third kappa shape index (κ3) is 6.09. The predicted octanol–water partition coefficient (Wildman–Crippen LogP) is 1.58. The van der Waals surface area contributed by atoms with Crippen molar-refractivity contribution in [2.24, 2.45) is 16.5 Å². The first-order valence-electron chi connectivity index (χ1n) is 13.1. The number of rotatable bonds is 9. The summed E-state index contributed by atoms with van der Waals surface area (Å²) in [6, 6.07) is 16.5. The number of amides is 2. The standard InChI is InChI=1S/C28H37N9O/c1-35-12-14-36(15-13-35)24-5-2-4-21(16-24)25-17-22-19-37(28(38)34-26(22)33-25)23-8-6-20(7-9-23)18-31-10-3-11-32-27(29)30/h2,4-9,16-17,19,26,31,33H,3,10-15,18H2,1H3,(H,34,38)(H4,29,30,32). The van der Waals surface area contributed by atoms with E-state index in [1.807, 2.05) is 30.5 Å². The topological polar surface area (TPSA) is 127 Å².